The zero-order valence-corrected chi connectivity index (χ0v) is 11.0. The Labute approximate surface area is 112 Å². The molecule has 0 fully saturated rings. The van der Waals surface area contributed by atoms with Gasteiger partial charge in [-0.1, -0.05) is 46.3 Å². The molecule has 3 aromatic rings. The third kappa shape index (κ3) is 1.87. The van der Waals surface area contributed by atoms with Gasteiger partial charge in [0.1, 0.15) is 11.8 Å². The monoisotopic (exact) mass is 300 g/mol. The summed E-state index contributed by atoms with van der Waals surface area (Å²) in [4.78, 5) is 12.4. The number of hydrogen-bond donors (Lipinski definition) is 0. The molecule has 0 spiro atoms. The molecule has 0 saturated carbocycles. The second-order valence-electron chi connectivity index (χ2n) is 3.99. The van der Waals surface area contributed by atoms with Crippen molar-refractivity contribution in [2.45, 2.75) is 0 Å². The fourth-order valence-electron chi connectivity index (χ4n) is 1.92. The second-order valence-corrected chi connectivity index (χ2v) is 4.90. The molecule has 0 aliphatic carbocycles. The molecule has 0 N–H and O–H groups in total. The lowest BCUT2D eigenvalue weighted by molar-refractivity contribution is 0.604. The molecule has 1 aromatic heterocycles. The van der Waals surface area contributed by atoms with Gasteiger partial charge in [-0.25, -0.2) is 0 Å². The SMILES string of the molecule is O=c1c(-c2ccccc2)coc2ccc(Br)cc12. The van der Waals surface area contributed by atoms with Crippen molar-refractivity contribution in [2.24, 2.45) is 0 Å². The summed E-state index contributed by atoms with van der Waals surface area (Å²) < 4.78 is 6.38. The third-order valence-electron chi connectivity index (χ3n) is 2.82. The summed E-state index contributed by atoms with van der Waals surface area (Å²) in [7, 11) is 0. The van der Waals surface area contributed by atoms with Crippen LogP contribution in [0, 0.1) is 0 Å². The maximum absolute atomic E-state index is 12.4. The van der Waals surface area contributed by atoms with Gasteiger partial charge < -0.3 is 4.42 Å². The minimum absolute atomic E-state index is 0.0104. The Bertz CT molecular complexity index is 760. The van der Waals surface area contributed by atoms with Crippen molar-refractivity contribution in [2.75, 3.05) is 0 Å². The van der Waals surface area contributed by atoms with Crippen molar-refractivity contribution >= 4 is 26.9 Å². The second kappa shape index (κ2) is 4.42. The standard InChI is InChI=1S/C15H9BrO2/c16-11-6-7-14-12(8-11)15(17)13(9-18-14)10-4-2-1-3-5-10/h1-9H. The molecule has 0 atom stereocenters. The van der Waals surface area contributed by atoms with Gasteiger partial charge in [-0.05, 0) is 23.8 Å². The molecule has 0 saturated heterocycles. The van der Waals surface area contributed by atoms with Gasteiger partial charge in [0.05, 0.1) is 10.9 Å². The number of benzene rings is 2. The van der Waals surface area contributed by atoms with Crippen LogP contribution in [-0.4, -0.2) is 0 Å². The largest absolute Gasteiger partial charge is 0.463 e. The van der Waals surface area contributed by atoms with Gasteiger partial charge in [0, 0.05) is 4.47 Å². The first-order valence-corrected chi connectivity index (χ1v) is 6.31. The van der Waals surface area contributed by atoms with E-state index in [0.29, 0.717) is 16.5 Å². The van der Waals surface area contributed by atoms with Crippen molar-refractivity contribution in [3.63, 3.8) is 0 Å². The van der Waals surface area contributed by atoms with E-state index in [1.54, 1.807) is 12.1 Å². The van der Waals surface area contributed by atoms with Crippen LogP contribution in [0.1, 0.15) is 0 Å². The summed E-state index contributed by atoms with van der Waals surface area (Å²) in [6.07, 6.45) is 1.52. The third-order valence-corrected chi connectivity index (χ3v) is 3.31. The molecule has 18 heavy (non-hydrogen) atoms. The molecule has 0 bridgehead atoms. The van der Waals surface area contributed by atoms with Crippen LogP contribution in [0.2, 0.25) is 0 Å². The van der Waals surface area contributed by atoms with Gasteiger partial charge in [-0.3, -0.25) is 4.79 Å². The summed E-state index contributed by atoms with van der Waals surface area (Å²) in [5.41, 5.74) is 2.04. The normalized spacial score (nSPS) is 10.7. The highest BCUT2D eigenvalue weighted by Crippen LogP contribution is 2.21. The lowest BCUT2D eigenvalue weighted by atomic mass is 10.1. The maximum atomic E-state index is 12.4. The van der Waals surface area contributed by atoms with Gasteiger partial charge >= 0.3 is 0 Å². The molecular formula is C15H9BrO2. The Morgan fingerprint density at radius 2 is 1.78 bits per heavy atom. The van der Waals surface area contributed by atoms with E-state index in [2.05, 4.69) is 15.9 Å². The van der Waals surface area contributed by atoms with E-state index in [4.69, 9.17) is 4.42 Å². The first-order chi connectivity index (χ1) is 8.75. The Hall–Kier alpha value is -1.87. The molecule has 88 valence electrons. The van der Waals surface area contributed by atoms with Gasteiger partial charge in [0.15, 0.2) is 0 Å². The molecule has 3 heteroatoms. The lowest BCUT2D eigenvalue weighted by Gasteiger charge is -2.02. The van der Waals surface area contributed by atoms with Crippen LogP contribution >= 0.6 is 15.9 Å². The van der Waals surface area contributed by atoms with Crippen LogP contribution in [0.4, 0.5) is 0 Å². The lowest BCUT2D eigenvalue weighted by Crippen LogP contribution is -2.04. The Morgan fingerprint density at radius 3 is 2.56 bits per heavy atom. The smallest absolute Gasteiger partial charge is 0.200 e. The first-order valence-electron chi connectivity index (χ1n) is 5.52. The fourth-order valence-corrected chi connectivity index (χ4v) is 2.28. The maximum Gasteiger partial charge on any atom is 0.200 e. The highest BCUT2D eigenvalue weighted by molar-refractivity contribution is 9.10. The quantitative estimate of drug-likeness (QED) is 0.673. The topological polar surface area (TPSA) is 30.2 Å². The molecule has 0 unspecified atom stereocenters. The molecule has 1 heterocycles. The Morgan fingerprint density at radius 1 is 1.00 bits per heavy atom. The van der Waals surface area contributed by atoms with Crippen molar-refractivity contribution in [3.8, 4) is 11.1 Å². The van der Waals surface area contributed by atoms with Crippen LogP contribution in [-0.2, 0) is 0 Å². The minimum atomic E-state index is -0.0104. The van der Waals surface area contributed by atoms with Crippen molar-refractivity contribution < 1.29 is 4.42 Å². The zero-order valence-electron chi connectivity index (χ0n) is 9.39. The van der Waals surface area contributed by atoms with Crippen LogP contribution < -0.4 is 5.43 Å². The van der Waals surface area contributed by atoms with Crippen LogP contribution in [0.3, 0.4) is 0 Å². The first kappa shape index (κ1) is 11.2. The fraction of sp³-hybridized carbons (Fsp3) is 0. The van der Waals surface area contributed by atoms with E-state index < -0.39 is 0 Å². The van der Waals surface area contributed by atoms with Gasteiger partial charge in [0.25, 0.3) is 0 Å². The molecule has 2 aromatic carbocycles. The number of halogens is 1. The van der Waals surface area contributed by atoms with Crippen LogP contribution in [0.25, 0.3) is 22.1 Å². The van der Waals surface area contributed by atoms with Gasteiger partial charge in [-0.2, -0.15) is 0 Å². The highest BCUT2D eigenvalue weighted by Gasteiger charge is 2.08. The van der Waals surface area contributed by atoms with E-state index in [1.165, 1.54) is 6.26 Å². The molecule has 0 radical (unpaired) electrons. The summed E-state index contributed by atoms with van der Waals surface area (Å²) in [5, 5.41) is 0.589. The van der Waals surface area contributed by atoms with E-state index >= 15 is 0 Å². The van der Waals surface area contributed by atoms with E-state index in [-0.39, 0.29) is 5.43 Å². The summed E-state index contributed by atoms with van der Waals surface area (Å²) in [6, 6.07) is 14.9. The Kier molecular flexibility index (Phi) is 2.76. The average molecular weight is 301 g/mol. The summed E-state index contributed by atoms with van der Waals surface area (Å²) in [6.45, 7) is 0. The molecule has 0 aliphatic rings. The molecule has 2 nitrogen and oxygen atoms in total. The van der Waals surface area contributed by atoms with E-state index in [1.807, 2.05) is 36.4 Å². The van der Waals surface area contributed by atoms with Crippen molar-refractivity contribution in [3.05, 3.63) is 69.5 Å². The summed E-state index contributed by atoms with van der Waals surface area (Å²) in [5.74, 6) is 0. The molecule has 0 amide bonds. The molecule has 0 aliphatic heterocycles. The van der Waals surface area contributed by atoms with Crippen LogP contribution in [0.15, 0.2) is 68.5 Å². The molecule has 3 rings (SSSR count). The number of hydrogen-bond acceptors (Lipinski definition) is 2. The molecular weight excluding hydrogens is 292 g/mol. The zero-order chi connectivity index (χ0) is 12.5. The van der Waals surface area contributed by atoms with Gasteiger partial charge in [-0.15, -0.1) is 0 Å². The Balaban J connectivity index is 2.33. The van der Waals surface area contributed by atoms with E-state index in [0.717, 1.165) is 10.0 Å². The van der Waals surface area contributed by atoms with E-state index in [9.17, 15) is 4.79 Å². The van der Waals surface area contributed by atoms with Gasteiger partial charge in [0.2, 0.25) is 5.43 Å². The number of rotatable bonds is 1. The predicted octanol–water partition coefficient (Wildman–Crippen LogP) is 4.22. The van der Waals surface area contributed by atoms with Crippen molar-refractivity contribution in [1.29, 1.82) is 0 Å². The number of fused-ring (bicyclic) bond motifs is 1. The average Bonchev–Trinajstić information content (AvgIpc) is 2.41. The highest BCUT2D eigenvalue weighted by atomic mass is 79.9. The van der Waals surface area contributed by atoms with Crippen molar-refractivity contribution in [1.82, 2.24) is 0 Å². The minimum Gasteiger partial charge on any atom is -0.463 e. The summed E-state index contributed by atoms with van der Waals surface area (Å²) >= 11 is 3.37. The van der Waals surface area contributed by atoms with Crippen LogP contribution in [0.5, 0.6) is 0 Å². The predicted molar refractivity (Wildman–Crippen MR) is 75.6 cm³/mol.